The summed E-state index contributed by atoms with van der Waals surface area (Å²) in [6, 6.07) is 6.80. The maximum atomic E-state index is 6.54. The van der Waals surface area contributed by atoms with Crippen molar-refractivity contribution in [2.24, 2.45) is 0 Å². The first kappa shape index (κ1) is 19.9. The van der Waals surface area contributed by atoms with Crippen LogP contribution >= 0.6 is 0 Å². The lowest BCUT2D eigenvalue weighted by Crippen LogP contribution is -2.42. The Balaban J connectivity index is 1.44. The fraction of sp³-hybridized carbons (Fsp3) is 0.400. The summed E-state index contributed by atoms with van der Waals surface area (Å²) in [5, 5.41) is 4.54. The molecule has 1 saturated heterocycles. The molecule has 4 rings (SSSR count). The van der Waals surface area contributed by atoms with Crippen molar-refractivity contribution in [2.75, 3.05) is 13.1 Å². The normalized spacial score (nSPS) is 21.8. The number of ether oxygens (including phenoxy) is 1. The lowest BCUT2D eigenvalue weighted by molar-refractivity contribution is -0.104. The number of hydrogen-bond acceptors (Lipinski definition) is 3. The Morgan fingerprint density at radius 2 is 2.14 bits per heavy atom. The summed E-state index contributed by atoms with van der Waals surface area (Å²) < 4.78 is 8.46. The second-order valence-corrected chi connectivity index (χ2v) is 8.24. The highest BCUT2D eigenvalue weighted by Crippen LogP contribution is 2.49. The van der Waals surface area contributed by atoms with Crippen LogP contribution in [-0.2, 0) is 16.9 Å². The van der Waals surface area contributed by atoms with Crippen LogP contribution in [-0.4, -0.2) is 27.8 Å². The fourth-order valence-corrected chi connectivity index (χ4v) is 4.69. The molecule has 0 bridgehead atoms. The molecule has 1 aromatic carbocycles. The molecule has 29 heavy (non-hydrogen) atoms. The van der Waals surface area contributed by atoms with Crippen LogP contribution in [0.15, 0.2) is 61.5 Å². The zero-order valence-electron chi connectivity index (χ0n) is 17.8. The van der Waals surface area contributed by atoms with Crippen molar-refractivity contribution in [3.05, 3.63) is 83.7 Å². The van der Waals surface area contributed by atoms with Crippen LogP contribution in [0.4, 0.5) is 0 Å². The number of hydrogen-bond donors (Lipinski definition) is 0. The van der Waals surface area contributed by atoms with Crippen molar-refractivity contribution in [3.63, 3.8) is 0 Å². The average Bonchev–Trinajstić information content (AvgIpc) is 3.27. The number of likely N-dealkylation sites (tertiary alicyclic amines) is 1. The quantitative estimate of drug-likeness (QED) is 0.644. The summed E-state index contributed by atoms with van der Waals surface area (Å²) in [5.74, 6) is 0. The Hall–Kier alpha value is -2.43. The van der Waals surface area contributed by atoms with E-state index in [1.807, 2.05) is 36.0 Å². The van der Waals surface area contributed by atoms with E-state index >= 15 is 0 Å². The standard InChI is InChI=1S/C25H31N3O/c1-5-7-22(8-6-2)28-18-21(16-26-28)17-27-13-11-25(12-14-27)24-15-19(3)9-10-23(24)20(4)29-25/h5-10,15-16,18,20H,1,11-14,17H2,2-4H3/b8-6-,22-7+. The lowest BCUT2D eigenvalue weighted by Gasteiger charge is -2.39. The van der Waals surface area contributed by atoms with E-state index in [1.165, 1.54) is 22.3 Å². The van der Waals surface area contributed by atoms with Crippen LogP contribution in [0.2, 0.25) is 0 Å². The second-order valence-electron chi connectivity index (χ2n) is 8.24. The van der Waals surface area contributed by atoms with Crippen LogP contribution in [0.3, 0.4) is 0 Å². The SMILES string of the molecule is C=C/C=C(\C=C/C)n1cc(CN2CCC3(CC2)OC(C)c2ccc(C)cc23)cn1. The molecule has 1 aromatic heterocycles. The van der Waals surface area contributed by atoms with E-state index in [0.29, 0.717) is 0 Å². The molecule has 0 radical (unpaired) electrons. The molecule has 1 fully saturated rings. The molecule has 152 valence electrons. The highest BCUT2D eigenvalue weighted by Gasteiger charge is 2.45. The van der Waals surface area contributed by atoms with Crippen LogP contribution in [0.5, 0.6) is 0 Å². The largest absolute Gasteiger partial charge is 0.363 e. The third-order valence-electron chi connectivity index (χ3n) is 6.14. The molecule has 0 amide bonds. The Bertz CT molecular complexity index is 945. The zero-order chi connectivity index (χ0) is 20.4. The van der Waals surface area contributed by atoms with Crippen molar-refractivity contribution in [3.8, 4) is 0 Å². The lowest BCUT2D eigenvalue weighted by atomic mass is 9.82. The molecule has 4 nitrogen and oxygen atoms in total. The van der Waals surface area contributed by atoms with E-state index in [0.717, 1.165) is 38.2 Å². The number of piperidine rings is 1. The fourth-order valence-electron chi connectivity index (χ4n) is 4.69. The van der Waals surface area contributed by atoms with Crippen LogP contribution < -0.4 is 0 Å². The first-order valence-corrected chi connectivity index (χ1v) is 10.6. The molecular weight excluding hydrogens is 358 g/mol. The summed E-state index contributed by atoms with van der Waals surface area (Å²) in [6.45, 7) is 13.2. The predicted octanol–water partition coefficient (Wildman–Crippen LogP) is 5.38. The number of fused-ring (bicyclic) bond motifs is 2. The minimum Gasteiger partial charge on any atom is -0.363 e. The maximum Gasteiger partial charge on any atom is 0.0967 e. The predicted molar refractivity (Wildman–Crippen MR) is 118 cm³/mol. The van der Waals surface area contributed by atoms with Gasteiger partial charge in [-0.25, -0.2) is 4.68 Å². The van der Waals surface area contributed by atoms with E-state index in [-0.39, 0.29) is 11.7 Å². The molecule has 2 aliphatic heterocycles. The third-order valence-corrected chi connectivity index (χ3v) is 6.14. The zero-order valence-corrected chi connectivity index (χ0v) is 17.8. The van der Waals surface area contributed by atoms with Gasteiger partial charge in [0.1, 0.15) is 0 Å². The molecule has 3 heterocycles. The summed E-state index contributed by atoms with van der Waals surface area (Å²) in [7, 11) is 0. The first-order valence-electron chi connectivity index (χ1n) is 10.6. The molecule has 4 heteroatoms. The van der Waals surface area contributed by atoms with E-state index < -0.39 is 0 Å². The van der Waals surface area contributed by atoms with Crippen LogP contribution in [0, 0.1) is 6.92 Å². The minimum absolute atomic E-state index is 0.104. The van der Waals surface area contributed by atoms with Gasteiger partial charge >= 0.3 is 0 Å². The van der Waals surface area contributed by atoms with Gasteiger partial charge in [0.25, 0.3) is 0 Å². The van der Waals surface area contributed by atoms with Gasteiger partial charge in [-0.15, -0.1) is 0 Å². The number of allylic oxidation sites excluding steroid dienone is 5. The number of nitrogens with zero attached hydrogens (tertiary/aromatic N) is 3. The Morgan fingerprint density at radius 3 is 2.86 bits per heavy atom. The minimum atomic E-state index is -0.104. The summed E-state index contributed by atoms with van der Waals surface area (Å²) in [4.78, 5) is 2.51. The molecule has 1 atom stereocenters. The third kappa shape index (κ3) is 3.87. The van der Waals surface area contributed by atoms with Gasteiger partial charge in [-0.2, -0.15) is 5.10 Å². The molecule has 1 spiro atoms. The van der Waals surface area contributed by atoms with Gasteiger partial charge in [-0.3, -0.25) is 4.90 Å². The van der Waals surface area contributed by atoms with Gasteiger partial charge in [0.15, 0.2) is 0 Å². The van der Waals surface area contributed by atoms with Crippen LogP contribution in [0.1, 0.15) is 55.0 Å². The second kappa shape index (κ2) is 8.13. The molecular formula is C25H31N3O. The van der Waals surface area contributed by atoms with Crippen LogP contribution in [0.25, 0.3) is 5.70 Å². The van der Waals surface area contributed by atoms with Gasteiger partial charge in [0, 0.05) is 31.4 Å². The molecule has 2 aromatic rings. The Morgan fingerprint density at radius 1 is 1.34 bits per heavy atom. The topological polar surface area (TPSA) is 30.3 Å². The maximum absolute atomic E-state index is 6.54. The summed E-state index contributed by atoms with van der Waals surface area (Å²) in [6.07, 6.45) is 14.2. The molecule has 2 aliphatic rings. The summed E-state index contributed by atoms with van der Waals surface area (Å²) >= 11 is 0. The van der Waals surface area contributed by atoms with Crippen molar-refractivity contribution in [1.29, 1.82) is 0 Å². The van der Waals surface area contributed by atoms with Gasteiger partial charge in [-0.1, -0.05) is 42.5 Å². The number of rotatable bonds is 5. The highest BCUT2D eigenvalue weighted by molar-refractivity contribution is 5.58. The Labute approximate surface area is 174 Å². The van der Waals surface area contributed by atoms with Crippen molar-refractivity contribution in [1.82, 2.24) is 14.7 Å². The van der Waals surface area contributed by atoms with E-state index in [9.17, 15) is 0 Å². The van der Waals surface area contributed by atoms with Crippen molar-refractivity contribution < 1.29 is 4.74 Å². The van der Waals surface area contributed by atoms with Gasteiger partial charge < -0.3 is 4.74 Å². The van der Waals surface area contributed by atoms with Crippen molar-refractivity contribution in [2.45, 2.75) is 51.9 Å². The monoisotopic (exact) mass is 389 g/mol. The van der Waals surface area contributed by atoms with Gasteiger partial charge in [-0.05, 0) is 56.9 Å². The highest BCUT2D eigenvalue weighted by atomic mass is 16.5. The molecule has 0 N–H and O–H groups in total. The summed E-state index contributed by atoms with van der Waals surface area (Å²) in [5.41, 5.74) is 6.26. The molecule has 0 aliphatic carbocycles. The van der Waals surface area contributed by atoms with Crippen molar-refractivity contribution >= 4 is 5.70 Å². The average molecular weight is 390 g/mol. The number of aromatic nitrogens is 2. The molecule has 1 unspecified atom stereocenters. The number of aryl methyl sites for hydroxylation is 1. The number of benzene rings is 1. The van der Waals surface area contributed by atoms with Gasteiger partial charge in [0.2, 0.25) is 0 Å². The smallest absolute Gasteiger partial charge is 0.0967 e. The first-order chi connectivity index (χ1) is 14.0. The van der Waals surface area contributed by atoms with E-state index in [4.69, 9.17) is 4.74 Å². The Kier molecular flexibility index (Phi) is 5.57. The van der Waals surface area contributed by atoms with Gasteiger partial charge in [0.05, 0.1) is 23.6 Å². The molecule has 0 saturated carbocycles. The van der Waals surface area contributed by atoms with E-state index in [2.05, 4.69) is 54.8 Å². The van der Waals surface area contributed by atoms with E-state index in [1.54, 1.807) is 6.08 Å².